The van der Waals surface area contributed by atoms with Crippen LogP contribution in [0.1, 0.15) is 16.8 Å². The molecule has 1 N–H and O–H groups in total. The molecule has 2 aromatic rings. The van der Waals surface area contributed by atoms with Crippen molar-refractivity contribution in [3.8, 4) is 5.75 Å². The molecule has 1 amide bonds. The van der Waals surface area contributed by atoms with Gasteiger partial charge in [0.15, 0.2) is 0 Å². The van der Waals surface area contributed by atoms with E-state index >= 15 is 0 Å². The summed E-state index contributed by atoms with van der Waals surface area (Å²) in [5.41, 5.74) is -0.313. The molecule has 0 saturated carbocycles. The van der Waals surface area contributed by atoms with E-state index in [0.29, 0.717) is 11.8 Å². The maximum Gasteiger partial charge on any atom is 0.307 e. The van der Waals surface area contributed by atoms with Gasteiger partial charge in [-0.3, -0.25) is 9.59 Å². The molecule has 5 nitrogen and oxygen atoms in total. The molecule has 2 rings (SSSR count). The number of hydrogen-bond donors (Lipinski definition) is 1. The number of carbonyl (C=O) groups excluding carboxylic acids is 2. The Kier molecular flexibility index (Phi) is 7.02. The molecule has 0 aromatic heterocycles. The van der Waals surface area contributed by atoms with Gasteiger partial charge in [-0.1, -0.05) is 0 Å². The molecule has 0 unspecified atom stereocenters. The van der Waals surface area contributed by atoms with Crippen LogP contribution >= 0.6 is 0 Å². The van der Waals surface area contributed by atoms with E-state index in [2.05, 4.69) is 5.32 Å². The van der Waals surface area contributed by atoms with Gasteiger partial charge in [0.1, 0.15) is 36.4 Å². The van der Waals surface area contributed by atoms with Crippen molar-refractivity contribution in [3.63, 3.8) is 0 Å². The summed E-state index contributed by atoms with van der Waals surface area (Å²) in [6.07, 6.45) is -0.120. The number of hydrogen-bond acceptors (Lipinski definition) is 4. The summed E-state index contributed by atoms with van der Waals surface area (Å²) in [4.78, 5) is 23.3. The van der Waals surface area contributed by atoms with E-state index in [0.717, 1.165) is 12.1 Å². The minimum absolute atomic E-state index is 0.0171. The Morgan fingerprint density at radius 2 is 1.62 bits per heavy atom. The second kappa shape index (κ2) is 9.45. The summed E-state index contributed by atoms with van der Waals surface area (Å²) in [6, 6.07) is 7.97. The lowest BCUT2D eigenvalue weighted by molar-refractivity contribution is -0.144. The first-order valence-corrected chi connectivity index (χ1v) is 7.73. The highest BCUT2D eigenvalue weighted by Crippen LogP contribution is 2.11. The topological polar surface area (TPSA) is 64.6 Å². The fourth-order valence-corrected chi connectivity index (χ4v) is 1.96. The Morgan fingerprint density at radius 3 is 2.31 bits per heavy atom. The van der Waals surface area contributed by atoms with Crippen LogP contribution in [-0.2, 0) is 9.53 Å². The molecule has 8 heteroatoms. The van der Waals surface area contributed by atoms with Gasteiger partial charge in [0.05, 0.1) is 12.0 Å². The maximum absolute atomic E-state index is 13.4. The zero-order valence-corrected chi connectivity index (χ0v) is 13.6. The van der Waals surface area contributed by atoms with Crippen LogP contribution in [0.3, 0.4) is 0 Å². The van der Waals surface area contributed by atoms with E-state index in [4.69, 9.17) is 9.47 Å². The maximum atomic E-state index is 13.4. The number of halogens is 3. The van der Waals surface area contributed by atoms with Gasteiger partial charge in [0.2, 0.25) is 0 Å². The van der Waals surface area contributed by atoms with Crippen molar-refractivity contribution in [2.45, 2.75) is 6.42 Å². The molecular weight excluding hydrogens is 351 g/mol. The monoisotopic (exact) mass is 367 g/mol. The third-order valence-electron chi connectivity index (χ3n) is 3.22. The van der Waals surface area contributed by atoms with Crippen LogP contribution < -0.4 is 10.1 Å². The van der Waals surface area contributed by atoms with Gasteiger partial charge in [-0.25, -0.2) is 13.2 Å². The first kappa shape index (κ1) is 19.3. The number of rotatable bonds is 8. The van der Waals surface area contributed by atoms with Crippen molar-refractivity contribution in [1.82, 2.24) is 5.32 Å². The van der Waals surface area contributed by atoms with Crippen LogP contribution in [0, 0.1) is 17.5 Å². The molecule has 0 saturated heterocycles. The molecule has 0 heterocycles. The molecule has 0 radical (unpaired) electrons. The van der Waals surface area contributed by atoms with Crippen LogP contribution in [0.5, 0.6) is 5.75 Å². The number of nitrogens with one attached hydrogen (secondary N) is 1. The van der Waals surface area contributed by atoms with Crippen LogP contribution in [0.15, 0.2) is 42.5 Å². The molecule has 138 valence electrons. The lowest BCUT2D eigenvalue weighted by Crippen LogP contribution is -2.27. The second-order valence-corrected chi connectivity index (χ2v) is 5.15. The van der Waals surface area contributed by atoms with Crippen LogP contribution in [0.4, 0.5) is 13.2 Å². The fourth-order valence-electron chi connectivity index (χ4n) is 1.96. The highest BCUT2D eigenvalue weighted by molar-refractivity contribution is 5.94. The zero-order valence-electron chi connectivity index (χ0n) is 13.6. The second-order valence-electron chi connectivity index (χ2n) is 5.15. The highest BCUT2D eigenvalue weighted by Gasteiger charge is 2.12. The SMILES string of the molecule is O=C(CCNC(=O)c1ccc(F)cc1F)OCCOc1ccc(F)cc1. The van der Waals surface area contributed by atoms with Crippen molar-refractivity contribution in [3.05, 3.63) is 65.5 Å². The highest BCUT2D eigenvalue weighted by atomic mass is 19.1. The number of esters is 1. The minimum atomic E-state index is -0.983. The van der Waals surface area contributed by atoms with Gasteiger partial charge < -0.3 is 14.8 Å². The van der Waals surface area contributed by atoms with Crippen LogP contribution in [0.2, 0.25) is 0 Å². The molecule has 0 aliphatic heterocycles. The average Bonchev–Trinajstić information content (AvgIpc) is 2.60. The Balaban J connectivity index is 1.62. The van der Waals surface area contributed by atoms with Gasteiger partial charge in [0, 0.05) is 12.6 Å². The third kappa shape index (κ3) is 6.12. The third-order valence-corrected chi connectivity index (χ3v) is 3.22. The van der Waals surface area contributed by atoms with E-state index in [1.54, 1.807) is 0 Å². The quantitative estimate of drug-likeness (QED) is 0.576. The normalized spacial score (nSPS) is 10.3. The molecule has 0 aliphatic carbocycles. The zero-order chi connectivity index (χ0) is 18.9. The van der Waals surface area contributed by atoms with E-state index in [9.17, 15) is 22.8 Å². The number of amides is 1. The van der Waals surface area contributed by atoms with Gasteiger partial charge in [-0.05, 0) is 36.4 Å². The lowest BCUT2D eigenvalue weighted by atomic mass is 10.2. The predicted molar refractivity (Wildman–Crippen MR) is 86.2 cm³/mol. The largest absolute Gasteiger partial charge is 0.490 e. The molecule has 26 heavy (non-hydrogen) atoms. The molecule has 2 aromatic carbocycles. The van der Waals surface area contributed by atoms with Crippen molar-refractivity contribution in [2.24, 2.45) is 0 Å². The molecule has 0 atom stereocenters. The summed E-state index contributed by atoms with van der Waals surface area (Å²) >= 11 is 0. The minimum Gasteiger partial charge on any atom is -0.490 e. The molecular formula is C18H16F3NO4. The molecule has 0 fully saturated rings. The average molecular weight is 367 g/mol. The van der Waals surface area contributed by atoms with E-state index in [-0.39, 0.29) is 37.6 Å². The first-order valence-electron chi connectivity index (χ1n) is 7.73. The van der Waals surface area contributed by atoms with Crippen LogP contribution in [-0.4, -0.2) is 31.6 Å². The molecule has 0 bridgehead atoms. The van der Waals surface area contributed by atoms with E-state index in [1.807, 2.05) is 0 Å². The summed E-state index contributed by atoms with van der Waals surface area (Å²) in [5, 5.41) is 2.34. The van der Waals surface area contributed by atoms with Gasteiger partial charge >= 0.3 is 5.97 Å². The van der Waals surface area contributed by atoms with Crippen molar-refractivity contribution < 1.29 is 32.2 Å². The fraction of sp³-hybridized carbons (Fsp3) is 0.222. The van der Waals surface area contributed by atoms with Crippen LogP contribution in [0.25, 0.3) is 0 Å². The smallest absolute Gasteiger partial charge is 0.307 e. The lowest BCUT2D eigenvalue weighted by Gasteiger charge is -2.08. The summed E-state index contributed by atoms with van der Waals surface area (Å²) in [7, 11) is 0. The summed E-state index contributed by atoms with van der Waals surface area (Å²) < 4.78 is 49.1. The van der Waals surface area contributed by atoms with Gasteiger partial charge in [-0.2, -0.15) is 0 Å². The van der Waals surface area contributed by atoms with E-state index < -0.39 is 23.5 Å². The predicted octanol–water partition coefficient (Wildman–Crippen LogP) is 2.85. The van der Waals surface area contributed by atoms with Crippen molar-refractivity contribution in [2.75, 3.05) is 19.8 Å². The molecule has 0 spiro atoms. The Morgan fingerprint density at radius 1 is 0.923 bits per heavy atom. The molecule has 0 aliphatic rings. The number of ether oxygens (including phenoxy) is 2. The summed E-state index contributed by atoms with van der Waals surface area (Å²) in [5.74, 6) is -3.04. The summed E-state index contributed by atoms with van der Waals surface area (Å²) in [6.45, 7) is 0.00850. The van der Waals surface area contributed by atoms with Gasteiger partial charge in [-0.15, -0.1) is 0 Å². The number of carbonyl (C=O) groups is 2. The Bertz CT molecular complexity index is 766. The van der Waals surface area contributed by atoms with Gasteiger partial charge in [0.25, 0.3) is 5.91 Å². The van der Waals surface area contributed by atoms with E-state index in [1.165, 1.54) is 24.3 Å². The van der Waals surface area contributed by atoms with Crippen molar-refractivity contribution >= 4 is 11.9 Å². The number of benzene rings is 2. The standard InChI is InChI=1S/C18H16F3NO4/c19-12-1-4-14(5-2-12)25-9-10-26-17(23)7-8-22-18(24)15-6-3-13(20)11-16(15)21/h1-6,11H,7-10H2,(H,22,24). The first-order chi connectivity index (χ1) is 12.5. The van der Waals surface area contributed by atoms with Crippen molar-refractivity contribution in [1.29, 1.82) is 0 Å². The Labute approximate surface area is 147 Å². The Hall–Kier alpha value is -3.03.